The van der Waals surface area contributed by atoms with Gasteiger partial charge < -0.3 is 15.4 Å². The van der Waals surface area contributed by atoms with Gasteiger partial charge in [-0.1, -0.05) is 18.2 Å². The molecule has 1 aromatic heterocycles. The normalized spacial score (nSPS) is 12.9. The van der Waals surface area contributed by atoms with E-state index < -0.39 is 12.0 Å². The lowest BCUT2D eigenvalue weighted by Crippen LogP contribution is -2.33. The lowest BCUT2D eigenvalue weighted by atomic mass is 10.1. The molecule has 2 rings (SSSR count). The first-order valence-electron chi connectivity index (χ1n) is 5.53. The molecule has 4 heteroatoms. The molecule has 2 aromatic rings. The molecule has 3 N–H and O–H groups in total. The van der Waals surface area contributed by atoms with E-state index in [-0.39, 0.29) is 0 Å². The van der Waals surface area contributed by atoms with Gasteiger partial charge in [0.15, 0.2) is 0 Å². The van der Waals surface area contributed by atoms with Crippen LogP contribution in [0.1, 0.15) is 11.3 Å². The maximum absolute atomic E-state index is 10.8. The number of benzene rings is 1. The highest BCUT2D eigenvalue weighted by Gasteiger charge is 2.18. The van der Waals surface area contributed by atoms with Crippen LogP contribution in [0, 0.1) is 6.92 Å². The van der Waals surface area contributed by atoms with E-state index in [0.29, 0.717) is 6.42 Å². The number of carboxylic acids is 1. The molecule has 0 spiro atoms. The van der Waals surface area contributed by atoms with Crippen LogP contribution in [-0.4, -0.2) is 21.7 Å². The second-order valence-electron chi connectivity index (χ2n) is 4.30. The zero-order valence-corrected chi connectivity index (χ0v) is 9.97. The number of hydrogen-bond donors (Lipinski definition) is 2. The summed E-state index contributed by atoms with van der Waals surface area (Å²) in [6.45, 7) is 2.01. The minimum Gasteiger partial charge on any atom is -0.480 e. The van der Waals surface area contributed by atoms with Crippen molar-refractivity contribution in [1.29, 1.82) is 0 Å². The number of aliphatic carboxylic acids is 1. The Bertz CT molecular complexity index is 533. The summed E-state index contributed by atoms with van der Waals surface area (Å²) >= 11 is 0. The summed E-state index contributed by atoms with van der Waals surface area (Å²) in [6, 6.07) is 7.18. The van der Waals surface area contributed by atoms with Crippen LogP contribution in [0.5, 0.6) is 0 Å². The zero-order valence-electron chi connectivity index (χ0n) is 9.97. The van der Waals surface area contributed by atoms with Gasteiger partial charge in [-0.15, -0.1) is 0 Å². The minimum absolute atomic E-state index is 0.354. The summed E-state index contributed by atoms with van der Waals surface area (Å²) in [4.78, 5) is 10.8. The fourth-order valence-corrected chi connectivity index (χ4v) is 2.22. The monoisotopic (exact) mass is 232 g/mol. The molecular formula is C13H16N2O2. The number of carboxylic acid groups (broad SMARTS) is 1. The smallest absolute Gasteiger partial charge is 0.320 e. The molecule has 0 amide bonds. The van der Waals surface area contributed by atoms with Gasteiger partial charge >= 0.3 is 5.97 Å². The number of nitrogens with two attached hydrogens (primary N) is 1. The summed E-state index contributed by atoms with van der Waals surface area (Å²) < 4.78 is 2.02. The van der Waals surface area contributed by atoms with Crippen LogP contribution in [0.3, 0.4) is 0 Å². The lowest BCUT2D eigenvalue weighted by Gasteiger charge is -2.09. The third-order valence-corrected chi connectivity index (χ3v) is 3.24. The van der Waals surface area contributed by atoms with E-state index in [4.69, 9.17) is 10.8 Å². The van der Waals surface area contributed by atoms with Crippen molar-refractivity contribution in [3.8, 4) is 0 Å². The first kappa shape index (κ1) is 11.7. The molecule has 4 nitrogen and oxygen atoms in total. The van der Waals surface area contributed by atoms with Crippen molar-refractivity contribution in [3.63, 3.8) is 0 Å². The molecule has 0 saturated carbocycles. The number of aromatic nitrogens is 1. The van der Waals surface area contributed by atoms with Gasteiger partial charge in [-0.3, -0.25) is 4.79 Å². The fourth-order valence-electron chi connectivity index (χ4n) is 2.22. The van der Waals surface area contributed by atoms with E-state index >= 15 is 0 Å². The Balaban J connectivity index is 2.51. The van der Waals surface area contributed by atoms with Crippen molar-refractivity contribution in [2.45, 2.75) is 19.4 Å². The van der Waals surface area contributed by atoms with Crippen LogP contribution in [0.4, 0.5) is 0 Å². The van der Waals surface area contributed by atoms with E-state index in [0.717, 1.165) is 22.2 Å². The maximum atomic E-state index is 10.8. The average molecular weight is 232 g/mol. The van der Waals surface area contributed by atoms with Crippen LogP contribution < -0.4 is 5.73 Å². The topological polar surface area (TPSA) is 68.2 Å². The van der Waals surface area contributed by atoms with Crippen molar-refractivity contribution >= 4 is 16.9 Å². The van der Waals surface area contributed by atoms with Gasteiger partial charge in [0.05, 0.1) is 0 Å². The molecule has 1 aromatic carbocycles. The summed E-state index contributed by atoms with van der Waals surface area (Å²) in [7, 11) is 1.94. The number of rotatable bonds is 3. The highest BCUT2D eigenvalue weighted by Crippen LogP contribution is 2.25. The molecule has 1 atom stereocenters. The molecular weight excluding hydrogens is 216 g/mol. The average Bonchev–Trinajstić information content (AvgIpc) is 2.55. The Kier molecular flexibility index (Phi) is 2.90. The number of hydrogen-bond acceptors (Lipinski definition) is 2. The van der Waals surface area contributed by atoms with Crippen molar-refractivity contribution in [2.75, 3.05) is 0 Å². The quantitative estimate of drug-likeness (QED) is 0.841. The summed E-state index contributed by atoms with van der Waals surface area (Å²) in [5.41, 5.74) is 8.80. The molecule has 0 saturated heterocycles. The maximum Gasteiger partial charge on any atom is 0.320 e. The number of para-hydroxylation sites is 1. The number of nitrogens with zero attached hydrogens (tertiary/aromatic N) is 1. The van der Waals surface area contributed by atoms with Gasteiger partial charge in [0.1, 0.15) is 6.04 Å². The van der Waals surface area contributed by atoms with Crippen molar-refractivity contribution in [2.24, 2.45) is 12.8 Å². The van der Waals surface area contributed by atoms with Crippen LogP contribution in [-0.2, 0) is 18.3 Å². The van der Waals surface area contributed by atoms with E-state index in [9.17, 15) is 4.79 Å². The first-order chi connectivity index (χ1) is 8.02. The minimum atomic E-state index is -0.963. The molecule has 0 aliphatic carbocycles. The Labute approximate surface area is 99.7 Å². The Morgan fingerprint density at radius 2 is 2.12 bits per heavy atom. The van der Waals surface area contributed by atoms with Crippen molar-refractivity contribution < 1.29 is 9.90 Å². The first-order valence-corrected chi connectivity index (χ1v) is 5.53. The van der Waals surface area contributed by atoms with Crippen LogP contribution in [0.15, 0.2) is 24.3 Å². The summed E-state index contributed by atoms with van der Waals surface area (Å²) in [5, 5.41) is 10.0. The van der Waals surface area contributed by atoms with Crippen LogP contribution >= 0.6 is 0 Å². The zero-order chi connectivity index (χ0) is 12.6. The predicted molar refractivity (Wildman–Crippen MR) is 67.0 cm³/mol. The largest absolute Gasteiger partial charge is 0.480 e. The molecule has 0 aliphatic heterocycles. The summed E-state index contributed by atoms with van der Waals surface area (Å²) in [6.07, 6.45) is 0.354. The van der Waals surface area contributed by atoms with Gasteiger partial charge in [-0.05, 0) is 18.6 Å². The summed E-state index contributed by atoms with van der Waals surface area (Å²) in [5.74, 6) is -0.963. The molecule has 1 heterocycles. The third-order valence-electron chi connectivity index (χ3n) is 3.24. The highest BCUT2D eigenvalue weighted by molar-refractivity contribution is 5.85. The van der Waals surface area contributed by atoms with Gasteiger partial charge in [-0.2, -0.15) is 0 Å². The standard InChI is InChI=1S/C13H16N2O2/c1-8-9-5-3-4-6-11(9)15(2)12(8)7-10(14)13(16)17/h3-6,10H,7,14H2,1-2H3,(H,16,17). The number of carbonyl (C=O) groups is 1. The lowest BCUT2D eigenvalue weighted by molar-refractivity contribution is -0.138. The number of aryl methyl sites for hydroxylation is 2. The van der Waals surface area contributed by atoms with Gasteiger partial charge in [0.25, 0.3) is 0 Å². The van der Waals surface area contributed by atoms with E-state index in [1.165, 1.54) is 0 Å². The van der Waals surface area contributed by atoms with E-state index in [1.54, 1.807) is 0 Å². The Morgan fingerprint density at radius 1 is 1.47 bits per heavy atom. The van der Waals surface area contributed by atoms with E-state index in [1.807, 2.05) is 42.8 Å². The Morgan fingerprint density at radius 3 is 2.71 bits per heavy atom. The third kappa shape index (κ3) is 1.91. The second-order valence-corrected chi connectivity index (χ2v) is 4.30. The van der Waals surface area contributed by atoms with Crippen molar-refractivity contribution in [1.82, 2.24) is 4.57 Å². The molecule has 90 valence electrons. The van der Waals surface area contributed by atoms with Gasteiger partial charge in [0.2, 0.25) is 0 Å². The second kappa shape index (κ2) is 4.22. The van der Waals surface area contributed by atoms with Crippen LogP contribution in [0.2, 0.25) is 0 Å². The molecule has 0 fully saturated rings. The van der Waals surface area contributed by atoms with E-state index in [2.05, 4.69) is 0 Å². The highest BCUT2D eigenvalue weighted by atomic mass is 16.4. The van der Waals surface area contributed by atoms with Crippen LogP contribution in [0.25, 0.3) is 10.9 Å². The molecule has 1 unspecified atom stereocenters. The SMILES string of the molecule is Cc1c(CC(N)C(=O)O)n(C)c2ccccc12. The molecule has 0 radical (unpaired) electrons. The fraction of sp³-hybridized carbons (Fsp3) is 0.308. The molecule has 0 aliphatic rings. The molecule has 17 heavy (non-hydrogen) atoms. The Hall–Kier alpha value is -1.81. The molecule has 0 bridgehead atoms. The predicted octanol–water partition coefficient (Wildman–Crippen LogP) is 1.44. The number of fused-ring (bicyclic) bond motifs is 1. The van der Waals surface area contributed by atoms with Crippen molar-refractivity contribution in [3.05, 3.63) is 35.5 Å². The van der Waals surface area contributed by atoms with Gasteiger partial charge in [-0.25, -0.2) is 0 Å². The van der Waals surface area contributed by atoms with Gasteiger partial charge in [0, 0.05) is 30.1 Å².